The van der Waals surface area contributed by atoms with E-state index in [-0.39, 0.29) is 36.3 Å². The molecule has 1 aliphatic heterocycles. The van der Waals surface area contributed by atoms with Crippen molar-refractivity contribution in [3.05, 3.63) is 83.4 Å². The number of ether oxygens (including phenoxy) is 2. The largest absolute Gasteiger partial charge is 0.462 e. The molecule has 10 atom stereocenters. The Morgan fingerprint density at radius 2 is 1.56 bits per heavy atom. The highest BCUT2D eigenvalue weighted by molar-refractivity contribution is 5.85. The summed E-state index contributed by atoms with van der Waals surface area (Å²) in [6, 6.07) is 21.4. The van der Waals surface area contributed by atoms with Crippen molar-refractivity contribution in [1.82, 2.24) is 0 Å². The summed E-state index contributed by atoms with van der Waals surface area (Å²) >= 11 is 0. The summed E-state index contributed by atoms with van der Waals surface area (Å²) in [5.74, 6) is -0.115. The van der Waals surface area contributed by atoms with Crippen molar-refractivity contribution in [3.8, 4) is 0 Å². The summed E-state index contributed by atoms with van der Waals surface area (Å²) < 4.78 is 11.6. The second kappa shape index (κ2) is 18.5. The average molecular weight is 811 g/mol. The lowest BCUT2D eigenvalue weighted by Crippen LogP contribution is -2.77. The second-order valence-electron chi connectivity index (χ2n) is 20.6. The second-order valence-corrected chi connectivity index (χ2v) is 20.6. The number of esters is 2. The van der Waals surface area contributed by atoms with Crippen LogP contribution < -0.4 is 0 Å². The van der Waals surface area contributed by atoms with Crippen LogP contribution in [0.4, 0.5) is 0 Å². The van der Waals surface area contributed by atoms with Crippen molar-refractivity contribution >= 4 is 11.9 Å². The van der Waals surface area contributed by atoms with Gasteiger partial charge in [0.15, 0.2) is 0 Å². The van der Waals surface area contributed by atoms with Gasteiger partial charge in [-0.1, -0.05) is 87.9 Å². The Hall–Kier alpha value is -3.00. The van der Waals surface area contributed by atoms with Gasteiger partial charge in [0.25, 0.3) is 0 Å². The predicted molar refractivity (Wildman–Crippen MR) is 232 cm³/mol. The summed E-state index contributed by atoms with van der Waals surface area (Å²) in [6.45, 7) is 8.30. The standard InChI is InChI=1S/C52H74O7/c1-36(12-11-17-39-13-7-5-8-14-39)18-21-45(54)52-46(55)26-27-49(4,43-24-29-50(30-25-43)28-22-41(34-50)20-19-40-15-9-6-10-16-40)48(52)44(59-38(3)53)32-37(2)51(52,57)31-23-42-33-47(56)58-35-42/h5-10,13-16,33,36-37,41,43-46,48,54-55,57H,11-12,17-32,34-35H2,1-4H3. The number of hydrogen-bond acceptors (Lipinski definition) is 7. The third kappa shape index (κ3) is 9.14. The Labute approximate surface area is 354 Å². The van der Waals surface area contributed by atoms with Gasteiger partial charge in [0, 0.05) is 18.9 Å². The van der Waals surface area contributed by atoms with Crippen LogP contribution in [0.5, 0.6) is 0 Å². The van der Waals surface area contributed by atoms with Gasteiger partial charge in [0.2, 0.25) is 0 Å². The normalized spacial score (nSPS) is 36.7. The fourth-order valence-corrected chi connectivity index (χ4v) is 13.9. The van der Waals surface area contributed by atoms with Gasteiger partial charge in [-0.05, 0) is 167 Å². The van der Waals surface area contributed by atoms with Crippen LogP contribution in [0.3, 0.4) is 0 Å². The van der Waals surface area contributed by atoms with E-state index in [0.717, 1.165) is 62.9 Å². The highest BCUT2D eigenvalue weighted by atomic mass is 16.5. The van der Waals surface area contributed by atoms with Gasteiger partial charge in [-0.3, -0.25) is 4.79 Å². The number of aryl methyl sites for hydroxylation is 2. The summed E-state index contributed by atoms with van der Waals surface area (Å²) in [4.78, 5) is 25.2. The van der Waals surface area contributed by atoms with Crippen LogP contribution in [0.25, 0.3) is 0 Å². The van der Waals surface area contributed by atoms with E-state index in [1.807, 2.05) is 13.0 Å². The van der Waals surface area contributed by atoms with E-state index < -0.39 is 35.2 Å². The zero-order valence-corrected chi connectivity index (χ0v) is 36.6. The molecule has 59 heavy (non-hydrogen) atoms. The minimum atomic E-state index is -1.48. The van der Waals surface area contributed by atoms with Crippen molar-refractivity contribution in [2.24, 2.45) is 45.8 Å². The lowest BCUT2D eigenvalue weighted by Gasteiger charge is -2.70. The molecule has 0 saturated heterocycles. The van der Waals surface area contributed by atoms with E-state index in [9.17, 15) is 24.9 Å². The van der Waals surface area contributed by atoms with E-state index in [1.165, 1.54) is 62.7 Å². The van der Waals surface area contributed by atoms with E-state index in [2.05, 4.69) is 68.4 Å². The Kier molecular flexibility index (Phi) is 13.9. The average Bonchev–Trinajstić information content (AvgIpc) is 3.84. The Morgan fingerprint density at radius 1 is 0.898 bits per heavy atom. The molecule has 0 bridgehead atoms. The van der Waals surface area contributed by atoms with Gasteiger partial charge in [-0.2, -0.15) is 0 Å². The molecule has 1 spiro atoms. The van der Waals surface area contributed by atoms with Crippen molar-refractivity contribution in [1.29, 1.82) is 0 Å². The zero-order valence-electron chi connectivity index (χ0n) is 36.6. The zero-order chi connectivity index (χ0) is 41.8. The van der Waals surface area contributed by atoms with Crippen LogP contribution >= 0.6 is 0 Å². The van der Waals surface area contributed by atoms with Crippen LogP contribution in [0.2, 0.25) is 0 Å². The highest BCUT2D eigenvalue weighted by Gasteiger charge is 2.74. The topological polar surface area (TPSA) is 113 Å². The van der Waals surface area contributed by atoms with E-state index in [4.69, 9.17) is 9.47 Å². The predicted octanol–water partition coefficient (Wildman–Crippen LogP) is 10.1. The molecule has 7 heteroatoms. The van der Waals surface area contributed by atoms with Gasteiger partial charge in [-0.25, -0.2) is 4.79 Å². The molecule has 4 aliphatic carbocycles. The van der Waals surface area contributed by atoms with Gasteiger partial charge in [0.1, 0.15) is 12.7 Å². The van der Waals surface area contributed by atoms with Crippen molar-refractivity contribution in [2.75, 3.05) is 6.61 Å². The number of fused-ring (bicyclic) bond motifs is 1. The van der Waals surface area contributed by atoms with Crippen molar-refractivity contribution in [2.45, 2.75) is 174 Å². The monoisotopic (exact) mass is 811 g/mol. The molecule has 5 aliphatic rings. The fourth-order valence-electron chi connectivity index (χ4n) is 13.9. The Balaban J connectivity index is 1.16. The maximum Gasteiger partial charge on any atom is 0.331 e. The molecule has 4 saturated carbocycles. The molecular formula is C52H74O7. The molecule has 7 nitrogen and oxygen atoms in total. The van der Waals surface area contributed by atoms with Crippen molar-refractivity contribution < 1.29 is 34.4 Å². The number of aliphatic hydroxyl groups is 3. The number of aliphatic hydroxyl groups excluding tert-OH is 2. The van der Waals surface area contributed by atoms with Crippen LogP contribution in [0, 0.1) is 45.8 Å². The molecule has 324 valence electrons. The number of hydrogen-bond donors (Lipinski definition) is 3. The maximum atomic E-state index is 13.6. The van der Waals surface area contributed by atoms with E-state index >= 15 is 0 Å². The number of benzene rings is 2. The summed E-state index contributed by atoms with van der Waals surface area (Å²) in [7, 11) is 0. The molecule has 4 fully saturated rings. The molecule has 2 aromatic carbocycles. The molecule has 3 N–H and O–H groups in total. The molecule has 10 unspecified atom stereocenters. The smallest absolute Gasteiger partial charge is 0.331 e. The molecule has 0 aromatic heterocycles. The number of carbonyl (C=O) groups is 2. The van der Waals surface area contributed by atoms with Crippen LogP contribution in [-0.4, -0.2) is 57.8 Å². The van der Waals surface area contributed by atoms with Gasteiger partial charge < -0.3 is 24.8 Å². The minimum absolute atomic E-state index is 0.204. The fraction of sp³-hybridized carbons (Fsp3) is 0.692. The Bertz CT molecular complexity index is 1730. The third-order valence-corrected chi connectivity index (χ3v) is 17.1. The summed E-state index contributed by atoms with van der Waals surface area (Å²) in [6.07, 6.45) is 16.5. The van der Waals surface area contributed by atoms with Gasteiger partial charge >= 0.3 is 11.9 Å². The van der Waals surface area contributed by atoms with E-state index in [1.54, 1.807) is 0 Å². The number of cyclic esters (lactones) is 1. The number of rotatable bonds is 16. The van der Waals surface area contributed by atoms with Crippen molar-refractivity contribution in [3.63, 3.8) is 0 Å². The summed E-state index contributed by atoms with van der Waals surface area (Å²) in [5, 5.41) is 39.3. The third-order valence-electron chi connectivity index (χ3n) is 17.1. The SMILES string of the molecule is CC(=O)OC1CC(C)C(O)(CCC2=CC(=O)OC2)C2(C(O)CCC(C)CCCc3ccccc3)C(O)CCC(C)(C3CCC4(CCC(CCc5ccccc5)C4)CC3)C12. The van der Waals surface area contributed by atoms with Crippen LogP contribution in [0.1, 0.15) is 148 Å². The first-order valence-electron chi connectivity index (χ1n) is 23.5. The van der Waals surface area contributed by atoms with Crippen LogP contribution in [-0.2, 0) is 31.9 Å². The number of carbonyl (C=O) groups excluding carboxylic acids is 2. The first-order valence-corrected chi connectivity index (χ1v) is 23.5. The Morgan fingerprint density at radius 3 is 2.20 bits per heavy atom. The molecular weight excluding hydrogens is 737 g/mol. The first-order chi connectivity index (χ1) is 28.3. The molecule has 0 radical (unpaired) electrons. The molecule has 2 aromatic rings. The van der Waals surface area contributed by atoms with Gasteiger partial charge in [-0.15, -0.1) is 0 Å². The summed E-state index contributed by atoms with van der Waals surface area (Å²) in [5.41, 5.74) is 0.767. The first kappa shape index (κ1) is 44.1. The lowest BCUT2D eigenvalue weighted by molar-refractivity contribution is -0.327. The maximum absolute atomic E-state index is 13.6. The van der Waals surface area contributed by atoms with E-state index in [0.29, 0.717) is 42.9 Å². The molecule has 1 heterocycles. The molecule has 0 amide bonds. The molecule has 7 rings (SSSR count). The minimum Gasteiger partial charge on any atom is -0.462 e. The highest BCUT2D eigenvalue weighted by Crippen LogP contribution is 2.70. The lowest BCUT2D eigenvalue weighted by atomic mass is 9.37. The van der Waals surface area contributed by atoms with Crippen LogP contribution in [0.15, 0.2) is 72.3 Å². The van der Waals surface area contributed by atoms with Gasteiger partial charge in [0.05, 0.1) is 23.2 Å². The quantitative estimate of drug-likeness (QED) is 0.145.